The summed E-state index contributed by atoms with van der Waals surface area (Å²) in [5, 5.41) is 3.48. The highest BCUT2D eigenvalue weighted by Crippen LogP contribution is 2.44. The molecular formula is C15H21N. The van der Waals surface area contributed by atoms with E-state index in [4.69, 9.17) is 0 Å². The van der Waals surface area contributed by atoms with E-state index in [2.05, 4.69) is 31.3 Å². The summed E-state index contributed by atoms with van der Waals surface area (Å²) in [6, 6.07) is 4.99. The van der Waals surface area contributed by atoms with Crippen LogP contribution < -0.4 is 5.32 Å². The minimum absolute atomic E-state index is 0.677. The van der Waals surface area contributed by atoms with Gasteiger partial charge in [0.05, 0.1) is 0 Å². The van der Waals surface area contributed by atoms with Gasteiger partial charge in [0.2, 0.25) is 0 Å². The van der Waals surface area contributed by atoms with Crippen LogP contribution in [0.15, 0.2) is 12.1 Å². The van der Waals surface area contributed by atoms with E-state index in [1.807, 2.05) is 0 Å². The van der Waals surface area contributed by atoms with Gasteiger partial charge in [0, 0.05) is 6.54 Å². The van der Waals surface area contributed by atoms with Gasteiger partial charge in [0.1, 0.15) is 0 Å². The van der Waals surface area contributed by atoms with Gasteiger partial charge in [0.25, 0.3) is 0 Å². The van der Waals surface area contributed by atoms with Crippen molar-refractivity contribution >= 4 is 0 Å². The van der Waals surface area contributed by atoms with Gasteiger partial charge < -0.3 is 5.32 Å². The average Bonchev–Trinajstić information content (AvgIpc) is 3.11. The first-order chi connectivity index (χ1) is 7.75. The predicted octanol–water partition coefficient (Wildman–Crippen LogP) is 3.33. The summed E-state index contributed by atoms with van der Waals surface area (Å²) in [7, 11) is 0. The second-order valence-corrected chi connectivity index (χ2v) is 5.61. The van der Waals surface area contributed by atoms with E-state index in [0.29, 0.717) is 5.92 Å². The van der Waals surface area contributed by atoms with Gasteiger partial charge in [-0.15, -0.1) is 0 Å². The second kappa shape index (κ2) is 3.89. The summed E-state index contributed by atoms with van der Waals surface area (Å²) < 4.78 is 0. The lowest BCUT2D eigenvalue weighted by Gasteiger charge is -2.22. The summed E-state index contributed by atoms with van der Waals surface area (Å²) >= 11 is 0. The van der Waals surface area contributed by atoms with Crippen LogP contribution in [0.4, 0.5) is 0 Å². The van der Waals surface area contributed by atoms with Crippen LogP contribution in [0.3, 0.4) is 0 Å². The third-order valence-corrected chi connectivity index (χ3v) is 3.93. The van der Waals surface area contributed by atoms with Gasteiger partial charge >= 0.3 is 0 Å². The van der Waals surface area contributed by atoms with Gasteiger partial charge in [-0.25, -0.2) is 0 Å². The molecule has 1 heteroatoms. The van der Waals surface area contributed by atoms with Gasteiger partial charge in [-0.05, 0) is 59.9 Å². The molecule has 0 aromatic heterocycles. The second-order valence-electron chi connectivity index (χ2n) is 5.61. The maximum atomic E-state index is 3.48. The first-order valence-electron chi connectivity index (χ1n) is 6.62. The third-order valence-electron chi connectivity index (χ3n) is 3.93. The standard InChI is InChI=1S/C15H21N/c1-10(2)14-7-12-5-6-16-9-13(12)8-15(14)11-3-4-11/h7-8,10-11,16H,3-6,9H2,1-2H3. The molecule has 1 heterocycles. The highest BCUT2D eigenvalue weighted by molar-refractivity contribution is 5.44. The first kappa shape index (κ1) is 10.3. The fourth-order valence-corrected chi connectivity index (χ4v) is 2.82. The van der Waals surface area contributed by atoms with E-state index < -0.39 is 0 Å². The van der Waals surface area contributed by atoms with Gasteiger partial charge in [-0.1, -0.05) is 26.0 Å². The van der Waals surface area contributed by atoms with Crippen LogP contribution in [0.5, 0.6) is 0 Å². The lowest BCUT2D eigenvalue weighted by Crippen LogP contribution is -2.24. The number of rotatable bonds is 2. The van der Waals surface area contributed by atoms with Crippen LogP contribution in [0.2, 0.25) is 0 Å². The monoisotopic (exact) mass is 215 g/mol. The molecule has 86 valence electrons. The normalized spacial score (nSPS) is 19.9. The molecule has 1 N–H and O–H groups in total. The highest BCUT2D eigenvalue weighted by Gasteiger charge is 2.28. The van der Waals surface area contributed by atoms with Crippen LogP contribution in [-0.2, 0) is 13.0 Å². The molecule has 1 fully saturated rings. The molecule has 0 atom stereocenters. The van der Waals surface area contributed by atoms with Crippen LogP contribution in [0, 0.1) is 0 Å². The van der Waals surface area contributed by atoms with Crippen molar-refractivity contribution in [3.8, 4) is 0 Å². The average molecular weight is 215 g/mol. The Morgan fingerprint density at radius 2 is 2.00 bits per heavy atom. The molecule has 1 aliphatic heterocycles. The maximum absolute atomic E-state index is 3.48. The molecule has 3 rings (SSSR count). The molecule has 1 aromatic carbocycles. The summed E-state index contributed by atoms with van der Waals surface area (Å²) in [6.07, 6.45) is 4.03. The van der Waals surface area contributed by atoms with Crippen LogP contribution in [0.1, 0.15) is 60.8 Å². The van der Waals surface area contributed by atoms with Crippen molar-refractivity contribution in [3.63, 3.8) is 0 Å². The van der Waals surface area contributed by atoms with Gasteiger partial charge in [-0.2, -0.15) is 0 Å². The van der Waals surface area contributed by atoms with Crippen LogP contribution in [0.25, 0.3) is 0 Å². The quantitative estimate of drug-likeness (QED) is 0.798. The Morgan fingerprint density at radius 1 is 1.19 bits per heavy atom. The zero-order chi connectivity index (χ0) is 11.1. The maximum Gasteiger partial charge on any atom is 0.0208 e. The molecular weight excluding hydrogens is 194 g/mol. The van der Waals surface area contributed by atoms with Crippen molar-refractivity contribution in [1.29, 1.82) is 0 Å². The minimum atomic E-state index is 0.677. The Kier molecular flexibility index (Phi) is 2.51. The van der Waals surface area contributed by atoms with Crippen molar-refractivity contribution in [3.05, 3.63) is 34.4 Å². The van der Waals surface area contributed by atoms with E-state index in [-0.39, 0.29) is 0 Å². The SMILES string of the molecule is CC(C)c1cc2c(cc1C1CC1)CNCC2. The van der Waals surface area contributed by atoms with Crippen molar-refractivity contribution < 1.29 is 0 Å². The Hall–Kier alpha value is -0.820. The molecule has 1 saturated carbocycles. The molecule has 0 radical (unpaired) electrons. The fourth-order valence-electron chi connectivity index (χ4n) is 2.82. The third kappa shape index (κ3) is 1.78. The molecule has 2 aliphatic rings. The first-order valence-corrected chi connectivity index (χ1v) is 6.62. The molecule has 0 saturated heterocycles. The summed E-state index contributed by atoms with van der Waals surface area (Å²) in [5.74, 6) is 1.56. The van der Waals surface area contributed by atoms with E-state index in [1.165, 1.54) is 19.3 Å². The predicted molar refractivity (Wildman–Crippen MR) is 67.9 cm³/mol. The molecule has 0 unspecified atom stereocenters. The van der Waals surface area contributed by atoms with Crippen molar-refractivity contribution in [1.82, 2.24) is 5.32 Å². The zero-order valence-electron chi connectivity index (χ0n) is 10.3. The van der Waals surface area contributed by atoms with Crippen molar-refractivity contribution in [2.75, 3.05) is 6.54 Å². The van der Waals surface area contributed by atoms with Crippen molar-refractivity contribution in [2.45, 2.75) is 51.5 Å². The Balaban J connectivity index is 2.07. The molecule has 1 aliphatic carbocycles. The Labute approximate surface area is 98.3 Å². The summed E-state index contributed by atoms with van der Waals surface area (Å²) in [5.41, 5.74) is 6.41. The number of hydrogen-bond acceptors (Lipinski definition) is 1. The number of hydrogen-bond donors (Lipinski definition) is 1. The van der Waals surface area contributed by atoms with Gasteiger partial charge in [0.15, 0.2) is 0 Å². The number of nitrogens with one attached hydrogen (secondary N) is 1. The van der Waals surface area contributed by atoms with E-state index >= 15 is 0 Å². The Bertz CT molecular complexity index is 371. The van der Waals surface area contributed by atoms with Crippen LogP contribution >= 0.6 is 0 Å². The molecule has 0 bridgehead atoms. The number of fused-ring (bicyclic) bond motifs is 1. The fraction of sp³-hybridized carbons (Fsp3) is 0.600. The minimum Gasteiger partial charge on any atom is -0.312 e. The topological polar surface area (TPSA) is 12.0 Å². The van der Waals surface area contributed by atoms with E-state index in [1.54, 1.807) is 22.3 Å². The molecule has 0 spiro atoms. The van der Waals surface area contributed by atoms with Crippen LogP contribution in [-0.4, -0.2) is 6.54 Å². The molecule has 16 heavy (non-hydrogen) atoms. The molecule has 1 aromatic rings. The highest BCUT2D eigenvalue weighted by atomic mass is 14.9. The smallest absolute Gasteiger partial charge is 0.0208 e. The summed E-state index contributed by atoms with van der Waals surface area (Å²) in [6.45, 7) is 6.88. The lowest BCUT2D eigenvalue weighted by atomic mass is 9.88. The van der Waals surface area contributed by atoms with Crippen molar-refractivity contribution in [2.24, 2.45) is 0 Å². The molecule has 0 amide bonds. The zero-order valence-corrected chi connectivity index (χ0v) is 10.3. The van der Waals surface area contributed by atoms with E-state index in [9.17, 15) is 0 Å². The summed E-state index contributed by atoms with van der Waals surface area (Å²) in [4.78, 5) is 0. The van der Waals surface area contributed by atoms with E-state index in [0.717, 1.165) is 19.0 Å². The number of benzene rings is 1. The van der Waals surface area contributed by atoms with Gasteiger partial charge in [-0.3, -0.25) is 0 Å². The lowest BCUT2D eigenvalue weighted by molar-refractivity contribution is 0.640. The largest absolute Gasteiger partial charge is 0.312 e. The Morgan fingerprint density at radius 3 is 2.69 bits per heavy atom. The molecule has 1 nitrogen and oxygen atoms in total.